The molecule has 72 heavy (non-hydrogen) atoms. The van der Waals surface area contributed by atoms with Crippen molar-refractivity contribution in [3.05, 3.63) is 134 Å². The Hall–Kier alpha value is -6.60. The number of hydrogen-bond acceptors (Lipinski definition) is 13. The summed E-state index contributed by atoms with van der Waals surface area (Å²) in [4.78, 5) is 59.9. The number of ether oxygens (including phenoxy) is 1. The lowest BCUT2D eigenvalue weighted by Crippen LogP contribution is -2.49. The molecule has 10 rings (SSSR count). The van der Waals surface area contributed by atoms with Gasteiger partial charge in [-0.05, 0) is 81.0 Å². The zero-order valence-electron chi connectivity index (χ0n) is 41.0. The lowest BCUT2D eigenvalue weighted by atomic mass is 9.89. The molecule has 0 radical (unpaired) electrons. The van der Waals surface area contributed by atoms with Gasteiger partial charge in [0.15, 0.2) is 5.82 Å². The normalized spacial score (nSPS) is 20.2. The summed E-state index contributed by atoms with van der Waals surface area (Å²) in [5.74, 6) is 0.851. The molecule has 19 heteroatoms. The van der Waals surface area contributed by atoms with E-state index in [1.807, 2.05) is 112 Å². The van der Waals surface area contributed by atoms with Gasteiger partial charge in [-0.1, -0.05) is 61.8 Å². The highest BCUT2D eigenvalue weighted by molar-refractivity contribution is 7.15. The van der Waals surface area contributed by atoms with Gasteiger partial charge in [0, 0.05) is 76.9 Å². The molecule has 0 bridgehead atoms. The molecule has 3 amide bonds. The molecular weight excluding hydrogens is 970 g/mol. The summed E-state index contributed by atoms with van der Waals surface area (Å²) < 4.78 is 10.00. The molecule has 2 aliphatic heterocycles. The molecular formula is C53H56ClN11O5S2. The SMILES string of the molecule is Cc1ncsc1-c1ccc([C@H](C)NC(=O)[C@@H]2C[C@@H](O)CN2C(=O)[C@@H](C(C)C)n2cc(-c3ccnc(O[C@H]4C[C@@H](NC(=O)C[C@@H]5N=C(c6ccc(Cl)cc6)c6c(sc(C)c6C)-n6c(C)nnc65)C4)c3)cn2)cc1. The largest absolute Gasteiger partial charge is 0.474 e. The van der Waals surface area contributed by atoms with E-state index >= 15 is 0 Å². The fourth-order valence-electron chi connectivity index (χ4n) is 9.91. The van der Waals surface area contributed by atoms with Crippen LogP contribution in [0.15, 0.2) is 89.8 Å². The van der Waals surface area contributed by atoms with Crippen molar-refractivity contribution in [2.24, 2.45) is 10.9 Å². The molecule has 0 spiro atoms. The van der Waals surface area contributed by atoms with E-state index in [1.165, 1.54) is 9.78 Å². The Kier molecular flexibility index (Phi) is 13.7. The number of hydrogen-bond donors (Lipinski definition) is 3. The first kappa shape index (κ1) is 49.0. The summed E-state index contributed by atoms with van der Waals surface area (Å²) in [6.07, 6.45) is 5.63. The number of β-amino-alcohol motifs (C(OH)–C–C–N with tert-alkyl or cyclic N) is 1. The highest BCUT2D eigenvalue weighted by Crippen LogP contribution is 2.40. The number of rotatable bonds is 14. The quantitative estimate of drug-likeness (QED) is 0.0949. The Morgan fingerprint density at radius 2 is 1.67 bits per heavy atom. The number of aliphatic hydroxyl groups excluding tert-OH is 1. The van der Waals surface area contributed by atoms with Crippen molar-refractivity contribution in [2.45, 2.75) is 117 Å². The second kappa shape index (κ2) is 20.1. The Morgan fingerprint density at radius 3 is 2.39 bits per heavy atom. The molecule has 372 valence electrons. The van der Waals surface area contributed by atoms with Gasteiger partial charge in [-0.25, -0.2) is 9.97 Å². The van der Waals surface area contributed by atoms with Gasteiger partial charge >= 0.3 is 0 Å². The number of fused-ring (bicyclic) bond motifs is 3. The average Bonchev–Trinajstić information content (AvgIpc) is 4.19. The first-order chi connectivity index (χ1) is 34.6. The number of nitrogens with one attached hydrogen (secondary N) is 2. The highest BCUT2D eigenvalue weighted by Gasteiger charge is 2.43. The lowest BCUT2D eigenvalue weighted by molar-refractivity contribution is -0.142. The summed E-state index contributed by atoms with van der Waals surface area (Å²) in [6, 6.07) is 16.8. The van der Waals surface area contributed by atoms with Crippen molar-refractivity contribution in [1.82, 2.24) is 50.0 Å². The van der Waals surface area contributed by atoms with Crippen LogP contribution in [0.1, 0.15) is 109 Å². The van der Waals surface area contributed by atoms with Crippen LogP contribution in [-0.2, 0) is 14.4 Å². The van der Waals surface area contributed by atoms with E-state index in [1.54, 1.807) is 39.7 Å². The second-order valence-electron chi connectivity index (χ2n) is 19.4. The third-order valence-electron chi connectivity index (χ3n) is 14.0. The van der Waals surface area contributed by atoms with Gasteiger partial charge in [0.1, 0.15) is 35.1 Å². The zero-order valence-corrected chi connectivity index (χ0v) is 43.4. The van der Waals surface area contributed by atoms with Crippen LogP contribution in [0.3, 0.4) is 0 Å². The van der Waals surface area contributed by atoms with E-state index < -0.39 is 24.2 Å². The molecule has 3 aliphatic rings. The molecule has 5 atom stereocenters. The average molecular weight is 1030 g/mol. The van der Waals surface area contributed by atoms with E-state index in [4.69, 9.17) is 21.3 Å². The van der Waals surface area contributed by atoms with E-state index in [9.17, 15) is 19.5 Å². The third kappa shape index (κ3) is 9.72. The van der Waals surface area contributed by atoms with Crippen LogP contribution in [-0.4, -0.2) is 98.8 Å². The fraction of sp³-hybridized carbons (Fsp3) is 0.377. The topological polar surface area (TPSA) is 195 Å². The molecule has 16 nitrogen and oxygen atoms in total. The van der Waals surface area contributed by atoms with E-state index in [0.29, 0.717) is 29.6 Å². The zero-order chi connectivity index (χ0) is 50.5. The van der Waals surface area contributed by atoms with Crippen LogP contribution in [0.4, 0.5) is 0 Å². The lowest BCUT2D eigenvalue weighted by Gasteiger charge is -2.35. The minimum atomic E-state index is -0.842. The van der Waals surface area contributed by atoms with Crippen molar-refractivity contribution in [3.8, 4) is 32.4 Å². The standard InChI is InChI=1S/C53H56ClN11O5S2/c1-27(2)48(52(69)63-25-40(66)21-43(63)51(68)58-29(4)33-8-10-35(11-9-33)49-30(5)56-26-71-49)64-24-37(23-57-64)36-16-17-55-45(18-36)70-41-19-39(20-41)59-44(67)22-42-50-62-61-32(7)65(50)53-46(28(3)31(6)72-53)47(60-42)34-12-14-38(54)15-13-34/h8-18,23-24,26-27,29,39-43,48,66H,19-22,25H2,1-7H3,(H,58,68)(H,59,67)/t29-,39-,40+,41+,42-,43-,48+/m0/s1. The molecule has 2 aromatic carbocycles. The molecule has 2 fully saturated rings. The van der Waals surface area contributed by atoms with Crippen molar-refractivity contribution >= 4 is 57.7 Å². The number of aryl methyl sites for hydroxylation is 3. The summed E-state index contributed by atoms with van der Waals surface area (Å²) >= 11 is 9.54. The van der Waals surface area contributed by atoms with Gasteiger partial charge in [0.25, 0.3) is 0 Å². The van der Waals surface area contributed by atoms with Gasteiger partial charge in [-0.2, -0.15) is 5.10 Å². The minimum absolute atomic E-state index is 0.0447. The Morgan fingerprint density at radius 1 is 0.917 bits per heavy atom. The maximum atomic E-state index is 14.4. The Balaban J connectivity index is 0.762. The second-order valence-corrected chi connectivity index (χ2v) is 21.9. The van der Waals surface area contributed by atoms with Crippen molar-refractivity contribution < 1.29 is 24.2 Å². The molecule has 0 unspecified atom stereocenters. The van der Waals surface area contributed by atoms with Crippen molar-refractivity contribution in [1.29, 1.82) is 0 Å². The number of carbonyl (C=O) groups excluding carboxylic acids is 3. The number of thiazole rings is 1. The third-order valence-corrected chi connectivity index (χ3v) is 16.4. The number of carbonyl (C=O) groups is 3. The van der Waals surface area contributed by atoms with Crippen LogP contribution < -0.4 is 15.4 Å². The van der Waals surface area contributed by atoms with Gasteiger partial charge in [0.05, 0.1) is 46.6 Å². The van der Waals surface area contributed by atoms with Gasteiger partial charge in [-0.15, -0.1) is 32.9 Å². The summed E-state index contributed by atoms with van der Waals surface area (Å²) in [5, 5.41) is 32.3. The summed E-state index contributed by atoms with van der Waals surface area (Å²) in [5.41, 5.74) is 10.2. The monoisotopic (exact) mass is 1030 g/mol. The number of aromatic nitrogens is 7. The molecule has 1 aliphatic carbocycles. The number of likely N-dealkylation sites (tertiary alicyclic amines) is 1. The van der Waals surface area contributed by atoms with Crippen LogP contribution >= 0.6 is 34.3 Å². The molecule has 3 N–H and O–H groups in total. The maximum absolute atomic E-state index is 14.4. The number of pyridine rings is 1. The number of amides is 3. The van der Waals surface area contributed by atoms with Crippen LogP contribution in [0.5, 0.6) is 5.88 Å². The molecule has 7 heterocycles. The van der Waals surface area contributed by atoms with Crippen molar-refractivity contribution in [3.63, 3.8) is 0 Å². The molecule has 7 aromatic rings. The number of thiophene rings is 1. The number of benzene rings is 2. The fourth-order valence-corrected chi connectivity index (χ4v) is 12.1. The first-order valence-corrected chi connectivity index (χ1v) is 26.3. The van der Waals surface area contributed by atoms with E-state index in [-0.39, 0.29) is 61.2 Å². The van der Waals surface area contributed by atoms with Gasteiger partial charge in [0.2, 0.25) is 23.6 Å². The smallest absolute Gasteiger partial charge is 0.248 e. The number of nitrogens with zero attached hydrogens (tertiary/aromatic N) is 9. The predicted molar refractivity (Wildman–Crippen MR) is 278 cm³/mol. The van der Waals surface area contributed by atoms with Gasteiger partial charge in [-0.3, -0.25) is 28.6 Å². The van der Waals surface area contributed by atoms with Crippen LogP contribution in [0.25, 0.3) is 26.6 Å². The van der Waals surface area contributed by atoms with Gasteiger partial charge < -0.3 is 25.4 Å². The number of halogens is 1. The summed E-state index contributed by atoms with van der Waals surface area (Å²) in [6.45, 7) is 13.9. The Bertz CT molecular complexity index is 3190. The van der Waals surface area contributed by atoms with Crippen molar-refractivity contribution in [2.75, 3.05) is 6.54 Å². The van der Waals surface area contributed by atoms with E-state index in [2.05, 4.69) is 49.7 Å². The predicted octanol–water partition coefficient (Wildman–Crippen LogP) is 8.64. The first-order valence-electron chi connectivity index (χ1n) is 24.2. The van der Waals surface area contributed by atoms with Crippen LogP contribution in [0.2, 0.25) is 5.02 Å². The Labute approximate surface area is 430 Å². The maximum Gasteiger partial charge on any atom is 0.248 e. The van der Waals surface area contributed by atoms with Crippen LogP contribution in [0, 0.1) is 33.6 Å². The molecule has 1 saturated carbocycles. The highest BCUT2D eigenvalue weighted by atomic mass is 35.5. The molecule has 5 aromatic heterocycles. The van der Waals surface area contributed by atoms with E-state index in [0.717, 1.165) is 66.1 Å². The summed E-state index contributed by atoms with van der Waals surface area (Å²) in [7, 11) is 0. The molecule has 1 saturated heterocycles. The number of aliphatic imine (C=N–C) groups is 1. The number of aliphatic hydroxyl groups is 1. The minimum Gasteiger partial charge on any atom is -0.474 e.